The van der Waals surface area contributed by atoms with Crippen molar-refractivity contribution in [3.05, 3.63) is 82.0 Å². The molecule has 0 aliphatic carbocycles. The Bertz CT molecular complexity index is 935. The number of hydrogen-bond donors (Lipinski definition) is 0. The second-order valence-corrected chi connectivity index (χ2v) is 7.17. The minimum absolute atomic E-state index is 0.0701. The Morgan fingerprint density at radius 3 is 2.56 bits per heavy atom. The van der Waals surface area contributed by atoms with Crippen molar-refractivity contribution in [3.8, 4) is 0 Å². The normalized spacial score (nSPS) is 17.6. The molecule has 4 rings (SSSR count). The van der Waals surface area contributed by atoms with Crippen molar-refractivity contribution in [1.82, 2.24) is 4.98 Å². The second-order valence-electron chi connectivity index (χ2n) is 5.18. The molecule has 1 amide bonds. The number of thiophene rings is 1. The van der Waals surface area contributed by atoms with E-state index in [2.05, 4.69) is 9.98 Å². The molecule has 1 aromatic carbocycles. The van der Waals surface area contributed by atoms with Gasteiger partial charge in [0.2, 0.25) is 0 Å². The monoisotopic (exact) mass is 363 g/mol. The van der Waals surface area contributed by atoms with Crippen molar-refractivity contribution in [2.45, 2.75) is 0 Å². The fraction of sp³-hybridized carbons (Fsp3) is 0. The average Bonchev–Trinajstić information content (AvgIpc) is 3.26. The van der Waals surface area contributed by atoms with Crippen molar-refractivity contribution in [2.24, 2.45) is 4.99 Å². The molecule has 122 valence electrons. The number of para-hydroxylation sites is 1. The van der Waals surface area contributed by atoms with Gasteiger partial charge in [0.1, 0.15) is 0 Å². The number of nitrogens with zero attached hydrogens (tertiary/aromatic N) is 3. The van der Waals surface area contributed by atoms with Gasteiger partial charge in [-0.05, 0) is 53.5 Å². The zero-order chi connectivity index (χ0) is 17.1. The highest BCUT2D eigenvalue weighted by Crippen LogP contribution is 2.37. The number of anilines is 1. The summed E-state index contributed by atoms with van der Waals surface area (Å²) in [6.45, 7) is 0. The Balaban J connectivity index is 1.77. The summed E-state index contributed by atoms with van der Waals surface area (Å²) in [6, 6.07) is 19.1. The summed E-state index contributed by atoms with van der Waals surface area (Å²) in [4.78, 5) is 25.1. The smallest absolute Gasteiger partial charge is 0.268 e. The van der Waals surface area contributed by atoms with Crippen LogP contribution in [-0.2, 0) is 4.79 Å². The molecule has 3 aromatic rings. The lowest BCUT2D eigenvalue weighted by molar-refractivity contribution is -0.113. The number of aromatic nitrogens is 1. The van der Waals surface area contributed by atoms with Crippen molar-refractivity contribution in [3.63, 3.8) is 0 Å². The molecule has 6 heteroatoms. The Morgan fingerprint density at radius 2 is 1.84 bits per heavy atom. The molecule has 1 aliphatic heterocycles. The molecule has 1 fully saturated rings. The summed E-state index contributed by atoms with van der Waals surface area (Å²) in [5, 5.41) is 2.60. The number of pyridine rings is 1. The van der Waals surface area contributed by atoms with Gasteiger partial charge < -0.3 is 0 Å². The Hall–Kier alpha value is -2.70. The number of carbonyl (C=O) groups excluding carboxylic acids is 1. The first-order valence-electron chi connectivity index (χ1n) is 7.63. The van der Waals surface area contributed by atoms with E-state index < -0.39 is 0 Å². The van der Waals surface area contributed by atoms with E-state index in [1.54, 1.807) is 22.4 Å². The van der Waals surface area contributed by atoms with Crippen LogP contribution in [0.1, 0.15) is 4.88 Å². The summed E-state index contributed by atoms with van der Waals surface area (Å²) in [6.07, 6.45) is 3.60. The Labute approximate surface area is 153 Å². The highest BCUT2D eigenvalue weighted by Gasteiger charge is 2.34. The number of carbonyl (C=O) groups is 1. The molecule has 0 bridgehead atoms. The van der Waals surface area contributed by atoms with Gasteiger partial charge in [-0.2, -0.15) is 0 Å². The quantitative estimate of drug-likeness (QED) is 0.618. The topological polar surface area (TPSA) is 45.6 Å². The lowest BCUT2D eigenvalue weighted by Gasteiger charge is -2.15. The molecule has 1 aliphatic rings. The minimum atomic E-state index is -0.0701. The van der Waals surface area contributed by atoms with Crippen molar-refractivity contribution < 1.29 is 4.79 Å². The zero-order valence-electron chi connectivity index (χ0n) is 13.1. The van der Waals surface area contributed by atoms with E-state index in [-0.39, 0.29) is 5.91 Å². The predicted molar refractivity (Wildman–Crippen MR) is 105 cm³/mol. The molecular weight excluding hydrogens is 350 g/mol. The van der Waals surface area contributed by atoms with Crippen LogP contribution in [0.15, 0.2) is 82.1 Å². The molecular formula is C19H13N3OS2. The van der Waals surface area contributed by atoms with Gasteiger partial charge in [-0.15, -0.1) is 11.3 Å². The maximum atomic E-state index is 13.0. The Morgan fingerprint density at radius 1 is 1.00 bits per heavy atom. The van der Waals surface area contributed by atoms with Crippen LogP contribution >= 0.6 is 23.1 Å². The van der Waals surface area contributed by atoms with Crippen LogP contribution < -0.4 is 4.90 Å². The number of amides is 1. The lowest BCUT2D eigenvalue weighted by Crippen LogP contribution is -2.28. The van der Waals surface area contributed by atoms with Gasteiger partial charge in [-0.3, -0.25) is 9.69 Å². The minimum Gasteiger partial charge on any atom is -0.268 e. The number of hydrogen-bond acceptors (Lipinski definition) is 5. The number of amidine groups is 1. The molecule has 0 N–H and O–H groups in total. The van der Waals surface area contributed by atoms with Crippen LogP contribution in [0.4, 0.5) is 11.5 Å². The molecule has 25 heavy (non-hydrogen) atoms. The maximum Gasteiger partial charge on any atom is 0.271 e. The van der Waals surface area contributed by atoms with E-state index in [4.69, 9.17) is 0 Å². The third kappa shape index (κ3) is 3.40. The molecule has 3 heterocycles. The average molecular weight is 363 g/mol. The second kappa shape index (κ2) is 7.04. The van der Waals surface area contributed by atoms with Gasteiger partial charge in [-0.25, -0.2) is 9.98 Å². The van der Waals surface area contributed by atoms with Crippen LogP contribution in [0.5, 0.6) is 0 Å². The van der Waals surface area contributed by atoms with E-state index in [1.807, 2.05) is 72.1 Å². The van der Waals surface area contributed by atoms with Crippen molar-refractivity contribution in [2.75, 3.05) is 4.90 Å². The summed E-state index contributed by atoms with van der Waals surface area (Å²) in [5.41, 5.74) is 0.796. The first-order valence-corrected chi connectivity index (χ1v) is 9.33. The highest BCUT2D eigenvalue weighted by atomic mass is 32.2. The molecule has 0 unspecified atom stereocenters. The van der Waals surface area contributed by atoms with Gasteiger partial charge >= 0.3 is 0 Å². The molecule has 0 radical (unpaired) electrons. The number of rotatable bonds is 3. The molecule has 0 atom stereocenters. The summed E-state index contributed by atoms with van der Waals surface area (Å²) >= 11 is 2.97. The first-order chi connectivity index (χ1) is 12.3. The van der Waals surface area contributed by atoms with Crippen LogP contribution in [0.3, 0.4) is 0 Å². The van der Waals surface area contributed by atoms with E-state index in [0.717, 1.165) is 10.6 Å². The SMILES string of the molecule is O=C1/C(=C\c2cccs2)S/C(=N/c2ccccn2)N1c1ccccc1. The maximum absolute atomic E-state index is 13.0. The van der Waals surface area contributed by atoms with E-state index in [9.17, 15) is 4.79 Å². The first kappa shape index (κ1) is 15.8. The third-order valence-corrected chi connectivity index (χ3v) is 5.28. The fourth-order valence-corrected chi connectivity index (χ4v) is 4.09. The van der Waals surface area contributed by atoms with E-state index >= 15 is 0 Å². The van der Waals surface area contributed by atoms with E-state index in [0.29, 0.717) is 15.9 Å². The van der Waals surface area contributed by atoms with Gasteiger partial charge in [0, 0.05) is 11.1 Å². The molecule has 1 saturated heterocycles. The molecule has 2 aromatic heterocycles. The van der Waals surface area contributed by atoms with Crippen LogP contribution in [0, 0.1) is 0 Å². The fourth-order valence-electron chi connectivity index (χ4n) is 2.37. The van der Waals surface area contributed by atoms with Gasteiger partial charge in [0.05, 0.1) is 10.6 Å². The van der Waals surface area contributed by atoms with Crippen molar-refractivity contribution in [1.29, 1.82) is 0 Å². The predicted octanol–water partition coefficient (Wildman–Crippen LogP) is 4.95. The van der Waals surface area contributed by atoms with Gasteiger partial charge in [0.25, 0.3) is 5.91 Å². The third-order valence-electron chi connectivity index (χ3n) is 3.50. The number of thioether (sulfide) groups is 1. The highest BCUT2D eigenvalue weighted by molar-refractivity contribution is 8.19. The summed E-state index contributed by atoms with van der Waals surface area (Å²) in [5.74, 6) is 0.510. The van der Waals surface area contributed by atoms with Crippen LogP contribution in [-0.4, -0.2) is 16.1 Å². The summed E-state index contributed by atoms with van der Waals surface area (Å²) < 4.78 is 0. The summed E-state index contributed by atoms with van der Waals surface area (Å²) in [7, 11) is 0. The number of aliphatic imine (C=N–C) groups is 1. The number of benzene rings is 1. The van der Waals surface area contributed by atoms with Crippen molar-refractivity contribution >= 4 is 51.8 Å². The van der Waals surface area contributed by atoms with Crippen LogP contribution in [0.25, 0.3) is 6.08 Å². The largest absolute Gasteiger partial charge is 0.271 e. The van der Waals surface area contributed by atoms with Crippen LogP contribution in [0.2, 0.25) is 0 Å². The lowest BCUT2D eigenvalue weighted by atomic mass is 10.3. The Kier molecular flexibility index (Phi) is 4.45. The molecule has 0 saturated carbocycles. The molecule has 4 nitrogen and oxygen atoms in total. The van der Waals surface area contributed by atoms with E-state index in [1.165, 1.54) is 11.8 Å². The standard InChI is InChI=1S/C19H13N3OS2/c23-18-16(13-15-9-6-12-24-15)25-19(21-17-10-4-5-11-20-17)22(18)14-7-2-1-3-8-14/h1-13H/b16-13+,21-19+. The van der Waals surface area contributed by atoms with Gasteiger partial charge in [0.15, 0.2) is 11.0 Å². The molecule has 0 spiro atoms. The van der Waals surface area contributed by atoms with Gasteiger partial charge in [-0.1, -0.05) is 30.3 Å². The zero-order valence-corrected chi connectivity index (χ0v) is 14.7.